The first kappa shape index (κ1) is 23.0. The fourth-order valence-corrected chi connectivity index (χ4v) is 4.68. The van der Waals surface area contributed by atoms with Crippen molar-refractivity contribution in [2.24, 2.45) is 5.41 Å². The molecule has 0 saturated carbocycles. The molecule has 0 N–H and O–H groups in total. The van der Waals surface area contributed by atoms with Crippen LogP contribution in [0.15, 0.2) is 47.4 Å². The molecule has 1 aliphatic rings. The van der Waals surface area contributed by atoms with Gasteiger partial charge in [-0.05, 0) is 74.7 Å². The number of nitriles is 1. The molecule has 1 aromatic carbocycles. The molecule has 1 unspecified atom stereocenters. The van der Waals surface area contributed by atoms with E-state index in [4.69, 9.17) is 9.16 Å². The normalized spacial score (nSPS) is 16.2. The van der Waals surface area contributed by atoms with E-state index in [0.717, 1.165) is 16.8 Å². The lowest BCUT2D eigenvalue weighted by atomic mass is 9.85. The standard InChI is InChI=1S/C25H31N2O3Si/c1-24(2,3)22(30-31(6)7)13-17-10-11-27(23(28)14-17)20-15-25(4,5)29-21-9-8-18(16-26)12-19(20)21/h8-12,14-15,22H,13H2,1-7H3. The number of pyridine rings is 1. The van der Waals surface area contributed by atoms with Gasteiger partial charge < -0.3 is 9.16 Å². The molecule has 31 heavy (non-hydrogen) atoms. The van der Waals surface area contributed by atoms with Crippen molar-refractivity contribution in [3.63, 3.8) is 0 Å². The lowest BCUT2D eigenvalue weighted by Gasteiger charge is -2.33. The Morgan fingerprint density at radius 2 is 1.94 bits per heavy atom. The summed E-state index contributed by atoms with van der Waals surface area (Å²) in [7, 11) is -0.855. The van der Waals surface area contributed by atoms with E-state index in [9.17, 15) is 10.1 Å². The molecule has 1 radical (unpaired) electrons. The summed E-state index contributed by atoms with van der Waals surface area (Å²) in [6.07, 6.45) is 4.49. The second kappa shape index (κ2) is 8.49. The van der Waals surface area contributed by atoms with Crippen LogP contribution < -0.4 is 10.3 Å². The van der Waals surface area contributed by atoms with Crippen molar-refractivity contribution >= 4 is 14.7 Å². The summed E-state index contributed by atoms with van der Waals surface area (Å²) in [4.78, 5) is 13.1. The molecule has 2 heterocycles. The molecule has 163 valence electrons. The van der Waals surface area contributed by atoms with E-state index in [1.54, 1.807) is 28.8 Å². The molecule has 6 heteroatoms. The van der Waals surface area contributed by atoms with Gasteiger partial charge in [0, 0.05) is 17.8 Å². The van der Waals surface area contributed by atoms with Crippen LogP contribution in [0.4, 0.5) is 0 Å². The Balaban J connectivity index is 2.01. The molecule has 2 aromatic rings. The van der Waals surface area contributed by atoms with Crippen molar-refractivity contribution in [2.75, 3.05) is 0 Å². The summed E-state index contributed by atoms with van der Waals surface area (Å²) in [5.41, 5.74) is 2.27. The summed E-state index contributed by atoms with van der Waals surface area (Å²) < 4.78 is 13.9. The van der Waals surface area contributed by atoms with Crippen LogP contribution in [0.5, 0.6) is 5.75 Å². The second-order valence-corrected chi connectivity index (χ2v) is 11.9. The smallest absolute Gasteiger partial charge is 0.255 e. The maximum Gasteiger partial charge on any atom is 0.255 e. The van der Waals surface area contributed by atoms with Crippen LogP contribution in [0, 0.1) is 16.7 Å². The highest BCUT2D eigenvalue weighted by Crippen LogP contribution is 2.37. The number of ether oxygens (including phenoxy) is 1. The molecule has 1 aromatic heterocycles. The van der Waals surface area contributed by atoms with Crippen molar-refractivity contribution in [3.05, 3.63) is 69.6 Å². The minimum Gasteiger partial charge on any atom is -0.483 e. The minimum atomic E-state index is -0.855. The molecule has 0 aliphatic carbocycles. The lowest BCUT2D eigenvalue weighted by Crippen LogP contribution is -2.35. The molecule has 5 nitrogen and oxygen atoms in total. The van der Waals surface area contributed by atoms with Crippen LogP contribution in [0.3, 0.4) is 0 Å². The van der Waals surface area contributed by atoms with Crippen molar-refractivity contribution in [3.8, 4) is 11.8 Å². The Morgan fingerprint density at radius 1 is 1.23 bits per heavy atom. The Morgan fingerprint density at radius 3 is 2.52 bits per heavy atom. The largest absolute Gasteiger partial charge is 0.483 e. The van der Waals surface area contributed by atoms with Gasteiger partial charge in [0.15, 0.2) is 0 Å². The molecule has 0 bridgehead atoms. The van der Waals surface area contributed by atoms with Gasteiger partial charge in [-0.3, -0.25) is 9.36 Å². The van der Waals surface area contributed by atoms with Gasteiger partial charge in [-0.2, -0.15) is 5.26 Å². The highest BCUT2D eigenvalue weighted by atomic mass is 28.3. The van der Waals surface area contributed by atoms with E-state index in [2.05, 4.69) is 39.9 Å². The third-order valence-corrected chi connectivity index (χ3v) is 6.01. The summed E-state index contributed by atoms with van der Waals surface area (Å²) >= 11 is 0. The van der Waals surface area contributed by atoms with Crippen LogP contribution in [-0.4, -0.2) is 25.3 Å². The average Bonchev–Trinajstić information content (AvgIpc) is 2.65. The number of hydrogen-bond donors (Lipinski definition) is 0. The molecular weight excluding hydrogens is 404 g/mol. The van der Waals surface area contributed by atoms with E-state index in [-0.39, 0.29) is 17.1 Å². The van der Waals surface area contributed by atoms with Crippen molar-refractivity contribution in [2.45, 2.75) is 65.8 Å². The van der Waals surface area contributed by atoms with Crippen LogP contribution in [0.1, 0.15) is 51.3 Å². The summed E-state index contributed by atoms with van der Waals surface area (Å²) in [5.74, 6) is 0.666. The molecular formula is C25H31N2O3Si. The molecule has 0 fully saturated rings. The molecule has 0 spiro atoms. The molecule has 1 aliphatic heterocycles. The van der Waals surface area contributed by atoms with E-state index in [0.29, 0.717) is 17.7 Å². The van der Waals surface area contributed by atoms with Gasteiger partial charge in [0.25, 0.3) is 5.56 Å². The van der Waals surface area contributed by atoms with Gasteiger partial charge in [0.1, 0.15) is 11.4 Å². The molecule has 3 rings (SSSR count). The van der Waals surface area contributed by atoms with Crippen molar-refractivity contribution in [1.82, 2.24) is 4.57 Å². The fourth-order valence-electron chi connectivity index (χ4n) is 3.68. The maximum absolute atomic E-state index is 13.1. The predicted molar refractivity (Wildman–Crippen MR) is 125 cm³/mol. The zero-order chi connectivity index (χ0) is 23.0. The molecule has 1 atom stereocenters. The lowest BCUT2D eigenvalue weighted by molar-refractivity contribution is 0.0867. The second-order valence-electron chi connectivity index (χ2n) is 9.89. The number of fused-ring (bicyclic) bond motifs is 1. The van der Waals surface area contributed by atoms with E-state index in [1.807, 2.05) is 32.2 Å². The van der Waals surface area contributed by atoms with Gasteiger partial charge in [-0.1, -0.05) is 20.8 Å². The topological polar surface area (TPSA) is 64.2 Å². The Labute approximate surface area is 186 Å². The highest BCUT2D eigenvalue weighted by molar-refractivity contribution is 6.48. The number of rotatable bonds is 5. The maximum atomic E-state index is 13.1. The number of hydrogen-bond acceptors (Lipinski definition) is 4. The number of nitrogens with zero attached hydrogens (tertiary/aromatic N) is 2. The Kier molecular flexibility index (Phi) is 6.31. The van der Waals surface area contributed by atoms with Crippen LogP contribution in [0.2, 0.25) is 13.1 Å². The van der Waals surface area contributed by atoms with Crippen molar-refractivity contribution in [1.29, 1.82) is 5.26 Å². The van der Waals surface area contributed by atoms with E-state index < -0.39 is 14.6 Å². The van der Waals surface area contributed by atoms with Crippen LogP contribution in [0.25, 0.3) is 5.70 Å². The quantitative estimate of drug-likeness (QED) is 0.620. The van der Waals surface area contributed by atoms with Gasteiger partial charge in [0.05, 0.1) is 23.4 Å². The molecule has 0 saturated heterocycles. The van der Waals surface area contributed by atoms with Gasteiger partial charge in [-0.15, -0.1) is 0 Å². The molecule has 0 amide bonds. The van der Waals surface area contributed by atoms with Gasteiger partial charge >= 0.3 is 0 Å². The highest BCUT2D eigenvalue weighted by Gasteiger charge is 2.29. The first-order valence-electron chi connectivity index (χ1n) is 10.5. The number of aromatic nitrogens is 1. The van der Waals surface area contributed by atoms with Crippen LogP contribution >= 0.6 is 0 Å². The third kappa shape index (κ3) is 5.36. The summed E-state index contributed by atoms with van der Waals surface area (Å²) in [6, 6.07) is 11.1. The Bertz CT molecular complexity index is 1100. The zero-order valence-corrected chi connectivity index (χ0v) is 20.4. The summed E-state index contributed by atoms with van der Waals surface area (Å²) in [6.45, 7) is 14.7. The van der Waals surface area contributed by atoms with Gasteiger partial charge in [0.2, 0.25) is 9.04 Å². The first-order chi connectivity index (χ1) is 14.4. The SMILES string of the molecule is C[Si](C)OC(Cc1ccn(C2=CC(C)(C)Oc3ccc(C#N)cc32)c(=O)c1)C(C)(C)C. The third-order valence-electron chi connectivity index (χ3n) is 5.25. The average molecular weight is 436 g/mol. The number of benzene rings is 1. The first-order valence-corrected chi connectivity index (χ1v) is 13.0. The minimum absolute atomic E-state index is 0.0172. The van der Waals surface area contributed by atoms with Crippen molar-refractivity contribution < 1.29 is 9.16 Å². The monoisotopic (exact) mass is 435 g/mol. The van der Waals surface area contributed by atoms with E-state index in [1.165, 1.54) is 0 Å². The summed E-state index contributed by atoms with van der Waals surface area (Å²) in [5, 5.41) is 9.31. The van der Waals surface area contributed by atoms with E-state index >= 15 is 0 Å². The predicted octanol–water partition coefficient (Wildman–Crippen LogP) is 5.01. The van der Waals surface area contributed by atoms with Crippen LogP contribution in [-0.2, 0) is 10.8 Å². The fraction of sp³-hybridized carbons (Fsp3) is 0.440. The van der Waals surface area contributed by atoms with Gasteiger partial charge in [-0.25, -0.2) is 0 Å². The zero-order valence-electron chi connectivity index (χ0n) is 19.4. The Hall–Kier alpha value is -2.62.